The van der Waals surface area contributed by atoms with Gasteiger partial charge in [0, 0.05) is 22.8 Å². The predicted molar refractivity (Wildman–Crippen MR) is 86.2 cm³/mol. The summed E-state index contributed by atoms with van der Waals surface area (Å²) in [5, 5.41) is 5.00. The third kappa shape index (κ3) is 2.03. The summed E-state index contributed by atoms with van der Waals surface area (Å²) in [5.41, 5.74) is 2.25. The molecule has 0 spiro atoms. The van der Waals surface area contributed by atoms with E-state index in [9.17, 15) is 4.79 Å². The number of nitrogens with one attached hydrogen (secondary N) is 1. The van der Waals surface area contributed by atoms with Gasteiger partial charge in [-0.2, -0.15) is 0 Å². The standard InChI is InChI=1S/C18H17NO3/c1-10-7-12(10)18(20)19-14-9-16-13(8-17(14)21-2)11-5-3-4-6-15(11)22-16/h3-6,8-10,12H,7H2,1-2H3,(H,19,20)/t10-,12-/m1/s1. The first-order valence-electron chi connectivity index (χ1n) is 7.47. The third-order valence-corrected chi connectivity index (χ3v) is 4.40. The molecule has 0 aliphatic heterocycles. The quantitative estimate of drug-likeness (QED) is 0.788. The Hall–Kier alpha value is -2.49. The number of carbonyl (C=O) groups is 1. The lowest BCUT2D eigenvalue weighted by Crippen LogP contribution is -2.15. The molecule has 0 saturated heterocycles. The van der Waals surface area contributed by atoms with Gasteiger partial charge in [-0.25, -0.2) is 0 Å². The molecule has 2 aromatic carbocycles. The molecule has 0 bridgehead atoms. The molecule has 0 radical (unpaired) electrons. The molecule has 112 valence electrons. The Kier molecular flexibility index (Phi) is 2.86. The summed E-state index contributed by atoms with van der Waals surface area (Å²) in [6, 6.07) is 11.6. The molecule has 22 heavy (non-hydrogen) atoms. The van der Waals surface area contributed by atoms with Crippen LogP contribution < -0.4 is 10.1 Å². The highest BCUT2D eigenvalue weighted by molar-refractivity contribution is 6.08. The molecule has 1 saturated carbocycles. The average molecular weight is 295 g/mol. The van der Waals surface area contributed by atoms with E-state index in [4.69, 9.17) is 9.15 Å². The van der Waals surface area contributed by atoms with Gasteiger partial charge in [0.15, 0.2) is 0 Å². The minimum absolute atomic E-state index is 0.0567. The van der Waals surface area contributed by atoms with Crippen molar-refractivity contribution in [3.8, 4) is 5.75 Å². The van der Waals surface area contributed by atoms with Gasteiger partial charge in [0.1, 0.15) is 16.9 Å². The summed E-state index contributed by atoms with van der Waals surface area (Å²) in [6.07, 6.45) is 0.959. The Morgan fingerprint density at radius 3 is 2.73 bits per heavy atom. The largest absolute Gasteiger partial charge is 0.495 e. The number of carbonyl (C=O) groups excluding carboxylic acids is 1. The van der Waals surface area contributed by atoms with Crippen LogP contribution in [-0.4, -0.2) is 13.0 Å². The number of methoxy groups -OCH3 is 1. The van der Waals surface area contributed by atoms with Crippen LogP contribution in [0, 0.1) is 11.8 Å². The van der Waals surface area contributed by atoms with Crippen molar-refractivity contribution in [3.05, 3.63) is 36.4 Å². The SMILES string of the molecule is COc1cc2c(cc1NC(=O)[C@@H]1C[C@H]1C)oc1ccccc12. The van der Waals surface area contributed by atoms with E-state index in [1.165, 1.54) is 0 Å². The van der Waals surface area contributed by atoms with Gasteiger partial charge in [0.2, 0.25) is 5.91 Å². The monoisotopic (exact) mass is 295 g/mol. The number of anilines is 1. The minimum Gasteiger partial charge on any atom is -0.495 e. The van der Waals surface area contributed by atoms with Crippen LogP contribution in [0.1, 0.15) is 13.3 Å². The first-order chi connectivity index (χ1) is 10.7. The summed E-state index contributed by atoms with van der Waals surface area (Å²) in [7, 11) is 1.61. The molecule has 0 unspecified atom stereocenters. The van der Waals surface area contributed by atoms with E-state index < -0.39 is 0 Å². The number of rotatable bonds is 3. The van der Waals surface area contributed by atoms with E-state index in [0.29, 0.717) is 17.4 Å². The number of hydrogen-bond donors (Lipinski definition) is 1. The van der Waals surface area contributed by atoms with Crippen molar-refractivity contribution < 1.29 is 13.9 Å². The molecule has 4 rings (SSSR count). The van der Waals surface area contributed by atoms with Crippen LogP contribution in [0.2, 0.25) is 0 Å². The topological polar surface area (TPSA) is 51.5 Å². The van der Waals surface area contributed by atoms with Crippen LogP contribution in [-0.2, 0) is 4.79 Å². The molecule has 2 atom stereocenters. The van der Waals surface area contributed by atoms with Crippen LogP contribution in [0.25, 0.3) is 21.9 Å². The van der Waals surface area contributed by atoms with Crippen molar-refractivity contribution in [1.82, 2.24) is 0 Å². The van der Waals surface area contributed by atoms with Crippen LogP contribution >= 0.6 is 0 Å². The maximum absolute atomic E-state index is 12.2. The summed E-state index contributed by atoms with van der Waals surface area (Å²) in [4.78, 5) is 12.2. The number of fused-ring (bicyclic) bond motifs is 3. The van der Waals surface area contributed by atoms with Crippen molar-refractivity contribution in [2.24, 2.45) is 11.8 Å². The second kappa shape index (κ2) is 4.77. The van der Waals surface area contributed by atoms with Gasteiger partial charge < -0.3 is 14.5 Å². The number of hydrogen-bond acceptors (Lipinski definition) is 3. The van der Waals surface area contributed by atoms with E-state index in [1.807, 2.05) is 36.4 Å². The normalized spacial score (nSPS) is 20.3. The van der Waals surface area contributed by atoms with E-state index in [-0.39, 0.29) is 11.8 Å². The highest BCUT2D eigenvalue weighted by Gasteiger charge is 2.39. The van der Waals surface area contributed by atoms with Crippen LogP contribution in [0.4, 0.5) is 5.69 Å². The van der Waals surface area contributed by atoms with Gasteiger partial charge >= 0.3 is 0 Å². The zero-order valence-corrected chi connectivity index (χ0v) is 12.6. The zero-order valence-electron chi connectivity index (χ0n) is 12.6. The molecule has 1 amide bonds. The predicted octanol–water partition coefficient (Wildman–Crippen LogP) is 4.19. The van der Waals surface area contributed by atoms with Crippen LogP contribution in [0.15, 0.2) is 40.8 Å². The van der Waals surface area contributed by atoms with Crippen molar-refractivity contribution in [2.75, 3.05) is 12.4 Å². The van der Waals surface area contributed by atoms with Crippen molar-refractivity contribution >= 4 is 33.5 Å². The van der Waals surface area contributed by atoms with Gasteiger partial charge in [-0.1, -0.05) is 25.1 Å². The van der Waals surface area contributed by atoms with Crippen LogP contribution in [0.5, 0.6) is 5.75 Å². The lowest BCUT2D eigenvalue weighted by Gasteiger charge is -2.10. The number of amides is 1. The van der Waals surface area contributed by atoms with Crippen LogP contribution in [0.3, 0.4) is 0 Å². The zero-order chi connectivity index (χ0) is 15.3. The average Bonchev–Trinajstić information content (AvgIpc) is 3.15. The lowest BCUT2D eigenvalue weighted by atomic mass is 10.1. The molecule has 1 aliphatic rings. The molecule has 1 heterocycles. The summed E-state index contributed by atoms with van der Waals surface area (Å²) in [5.74, 6) is 1.30. The molecule has 1 N–H and O–H groups in total. The number of furan rings is 1. The van der Waals surface area contributed by atoms with Crippen molar-refractivity contribution in [3.63, 3.8) is 0 Å². The minimum atomic E-state index is 0.0567. The lowest BCUT2D eigenvalue weighted by molar-refractivity contribution is -0.117. The second-order valence-electron chi connectivity index (χ2n) is 5.96. The Morgan fingerprint density at radius 1 is 1.23 bits per heavy atom. The maximum atomic E-state index is 12.2. The molecule has 3 aromatic rings. The molecule has 1 fully saturated rings. The molecule has 4 nitrogen and oxygen atoms in total. The van der Waals surface area contributed by atoms with Gasteiger partial charge in [-0.05, 0) is 24.5 Å². The molecular formula is C18H17NO3. The van der Waals surface area contributed by atoms with Crippen molar-refractivity contribution in [1.29, 1.82) is 0 Å². The Balaban J connectivity index is 1.80. The van der Waals surface area contributed by atoms with E-state index in [1.54, 1.807) is 7.11 Å². The maximum Gasteiger partial charge on any atom is 0.227 e. The van der Waals surface area contributed by atoms with Crippen molar-refractivity contribution in [2.45, 2.75) is 13.3 Å². The number of ether oxygens (including phenoxy) is 1. The van der Waals surface area contributed by atoms with Gasteiger partial charge in [-0.15, -0.1) is 0 Å². The summed E-state index contributed by atoms with van der Waals surface area (Å²) >= 11 is 0. The highest BCUT2D eigenvalue weighted by Crippen LogP contribution is 2.40. The Morgan fingerprint density at radius 2 is 2.00 bits per heavy atom. The second-order valence-corrected chi connectivity index (χ2v) is 5.96. The van der Waals surface area contributed by atoms with E-state index in [2.05, 4.69) is 12.2 Å². The van der Waals surface area contributed by atoms with Gasteiger partial charge in [-0.3, -0.25) is 4.79 Å². The fourth-order valence-corrected chi connectivity index (χ4v) is 2.93. The smallest absolute Gasteiger partial charge is 0.227 e. The number of benzene rings is 2. The fourth-order valence-electron chi connectivity index (χ4n) is 2.93. The molecule has 1 aromatic heterocycles. The molecule has 1 aliphatic carbocycles. The fraction of sp³-hybridized carbons (Fsp3) is 0.278. The molecular weight excluding hydrogens is 278 g/mol. The van der Waals surface area contributed by atoms with Gasteiger partial charge in [0.25, 0.3) is 0 Å². The highest BCUT2D eigenvalue weighted by atomic mass is 16.5. The molecule has 4 heteroatoms. The first kappa shape index (κ1) is 13.2. The Labute approximate surface area is 128 Å². The first-order valence-corrected chi connectivity index (χ1v) is 7.47. The Bertz CT molecular complexity index is 881. The number of para-hydroxylation sites is 1. The summed E-state index contributed by atoms with van der Waals surface area (Å²) in [6.45, 7) is 2.09. The van der Waals surface area contributed by atoms with E-state index >= 15 is 0 Å². The third-order valence-electron chi connectivity index (χ3n) is 4.40. The van der Waals surface area contributed by atoms with E-state index in [0.717, 1.165) is 28.4 Å². The van der Waals surface area contributed by atoms with Gasteiger partial charge in [0.05, 0.1) is 12.8 Å². The summed E-state index contributed by atoms with van der Waals surface area (Å²) < 4.78 is 11.3.